The van der Waals surface area contributed by atoms with E-state index in [2.05, 4.69) is 5.32 Å². The Morgan fingerprint density at radius 3 is 2.31 bits per heavy atom. The maximum Gasteiger partial charge on any atom is 0.243 e. The molecule has 1 N–H and O–H groups in total. The van der Waals surface area contributed by atoms with E-state index in [1.54, 1.807) is 12.0 Å². The third kappa shape index (κ3) is 6.74. The van der Waals surface area contributed by atoms with E-state index in [0.717, 1.165) is 17.5 Å². The molecule has 4 rings (SSSR count). The van der Waals surface area contributed by atoms with Crippen LogP contribution in [0.3, 0.4) is 0 Å². The Labute approximate surface area is 230 Å². The second kappa shape index (κ2) is 13.2. The molecule has 2 aromatic carbocycles. The lowest BCUT2D eigenvalue weighted by Gasteiger charge is -2.32. The number of amides is 4. The molecule has 8 nitrogen and oxygen atoms in total. The molecule has 0 radical (unpaired) electrons. The topological polar surface area (TPSA) is 96.0 Å². The number of likely N-dealkylation sites (tertiary alicyclic amines) is 1. The molecule has 0 spiro atoms. The van der Waals surface area contributed by atoms with Gasteiger partial charge in [0.25, 0.3) is 0 Å². The van der Waals surface area contributed by atoms with Crippen LogP contribution in [0.15, 0.2) is 66.7 Å². The van der Waals surface area contributed by atoms with E-state index in [4.69, 9.17) is 4.74 Å². The molecule has 3 atom stereocenters. The van der Waals surface area contributed by atoms with Crippen molar-refractivity contribution in [1.82, 2.24) is 15.1 Å². The molecule has 2 aromatic rings. The second-order valence-corrected chi connectivity index (χ2v) is 10.1. The number of nitrogens with zero attached hydrogens (tertiary/aromatic N) is 2. The van der Waals surface area contributed by atoms with Crippen LogP contribution in [-0.2, 0) is 32.1 Å². The van der Waals surface area contributed by atoms with Crippen LogP contribution in [0.1, 0.15) is 43.7 Å². The maximum atomic E-state index is 13.8. The van der Waals surface area contributed by atoms with E-state index >= 15 is 0 Å². The summed E-state index contributed by atoms with van der Waals surface area (Å²) in [6, 6.07) is 16.2. The number of imide groups is 1. The number of benzene rings is 2. The molecule has 206 valence electrons. The highest BCUT2D eigenvalue weighted by Gasteiger charge is 2.47. The zero-order valence-electron chi connectivity index (χ0n) is 22.7. The highest BCUT2D eigenvalue weighted by atomic mass is 16.5. The SMILES string of the molecule is CCCNC(=O)[C@@H](Cc1ccccc1)N(Cc1cccc(OC)c1)C(=O)CCN1C(=O)[C@H]2CC=CC[C@H]2C1=O. The highest BCUT2D eigenvalue weighted by Crippen LogP contribution is 2.35. The van der Waals surface area contributed by atoms with Gasteiger partial charge in [-0.05, 0) is 42.5 Å². The molecule has 0 bridgehead atoms. The number of ether oxygens (including phenoxy) is 1. The Morgan fingerprint density at radius 1 is 1.00 bits per heavy atom. The summed E-state index contributed by atoms with van der Waals surface area (Å²) in [7, 11) is 1.58. The van der Waals surface area contributed by atoms with Crippen LogP contribution in [0.25, 0.3) is 0 Å². The first-order valence-corrected chi connectivity index (χ1v) is 13.7. The summed E-state index contributed by atoms with van der Waals surface area (Å²) in [5, 5.41) is 2.96. The fourth-order valence-electron chi connectivity index (χ4n) is 5.33. The number of nitrogens with one attached hydrogen (secondary N) is 1. The number of allylic oxidation sites excluding steroid dienone is 2. The number of hydrogen-bond acceptors (Lipinski definition) is 5. The molecule has 0 unspecified atom stereocenters. The lowest BCUT2D eigenvalue weighted by Crippen LogP contribution is -2.51. The minimum absolute atomic E-state index is 0.00669. The lowest BCUT2D eigenvalue weighted by atomic mass is 9.85. The van der Waals surface area contributed by atoms with Crippen molar-refractivity contribution >= 4 is 23.6 Å². The largest absolute Gasteiger partial charge is 0.497 e. The summed E-state index contributed by atoms with van der Waals surface area (Å²) < 4.78 is 5.37. The Balaban J connectivity index is 1.59. The molecule has 2 aliphatic rings. The lowest BCUT2D eigenvalue weighted by molar-refractivity contribution is -0.144. The van der Waals surface area contributed by atoms with Crippen LogP contribution in [-0.4, -0.2) is 59.7 Å². The fraction of sp³-hybridized carbons (Fsp3) is 0.419. The second-order valence-electron chi connectivity index (χ2n) is 10.1. The predicted molar refractivity (Wildman–Crippen MR) is 147 cm³/mol. The zero-order chi connectivity index (χ0) is 27.8. The average molecular weight is 532 g/mol. The summed E-state index contributed by atoms with van der Waals surface area (Å²) in [6.07, 6.45) is 6.05. The van der Waals surface area contributed by atoms with Crippen LogP contribution in [0, 0.1) is 11.8 Å². The van der Waals surface area contributed by atoms with Gasteiger partial charge < -0.3 is 15.0 Å². The van der Waals surface area contributed by atoms with Crippen molar-refractivity contribution in [2.45, 2.75) is 51.6 Å². The molecule has 0 aromatic heterocycles. The maximum absolute atomic E-state index is 13.8. The van der Waals surface area contributed by atoms with Gasteiger partial charge in [-0.1, -0.05) is 61.5 Å². The first-order valence-electron chi connectivity index (χ1n) is 13.7. The molecular weight excluding hydrogens is 494 g/mol. The molecular formula is C31H37N3O5. The Kier molecular flexibility index (Phi) is 9.52. The number of fused-ring (bicyclic) bond motifs is 1. The summed E-state index contributed by atoms with van der Waals surface area (Å²) in [4.78, 5) is 56.0. The third-order valence-electron chi connectivity index (χ3n) is 7.46. The van der Waals surface area contributed by atoms with E-state index in [1.165, 1.54) is 4.90 Å². The summed E-state index contributed by atoms with van der Waals surface area (Å²) >= 11 is 0. The van der Waals surface area contributed by atoms with Crippen molar-refractivity contribution < 1.29 is 23.9 Å². The van der Waals surface area contributed by atoms with Gasteiger partial charge in [0.1, 0.15) is 11.8 Å². The van der Waals surface area contributed by atoms with E-state index in [-0.39, 0.29) is 55.0 Å². The van der Waals surface area contributed by atoms with Gasteiger partial charge in [0.05, 0.1) is 18.9 Å². The molecule has 1 aliphatic heterocycles. The molecule has 1 saturated heterocycles. The van der Waals surface area contributed by atoms with Crippen LogP contribution in [0.5, 0.6) is 5.75 Å². The molecule has 1 fully saturated rings. The van der Waals surface area contributed by atoms with Gasteiger partial charge in [0.15, 0.2) is 0 Å². The van der Waals surface area contributed by atoms with E-state index < -0.39 is 6.04 Å². The number of carbonyl (C=O) groups is 4. The first-order chi connectivity index (χ1) is 18.9. The van der Waals surface area contributed by atoms with E-state index in [9.17, 15) is 19.2 Å². The van der Waals surface area contributed by atoms with Gasteiger partial charge in [-0.2, -0.15) is 0 Å². The van der Waals surface area contributed by atoms with Gasteiger partial charge in [-0.15, -0.1) is 0 Å². The minimum atomic E-state index is -0.769. The number of methoxy groups -OCH3 is 1. The van der Waals surface area contributed by atoms with E-state index in [1.807, 2.05) is 73.7 Å². The number of rotatable bonds is 12. The van der Waals surface area contributed by atoms with Crippen LogP contribution in [0.4, 0.5) is 0 Å². The molecule has 4 amide bonds. The monoisotopic (exact) mass is 531 g/mol. The minimum Gasteiger partial charge on any atom is -0.497 e. The Hall–Kier alpha value is -3.94. The summed E-state index contributed by atoms with van der Waals surface area (Å²) in [5.41, 5.74) is 1.74. The van der Waals surface area contributed by atoms with Crippen LogP contribution in [0.2, 0.25) is 0 Å². The van der Waals surface area contributed by atoms with Gasteiger partial charge in [-0.25, -0.2) is 0 Å². The van der Waals surface area contributed by atoms with Crippen molar-refractivity contribution in [2.24, 2.45) is 11.8 Å². The fourth-order valence-corrected chi connectivity index (χ4v) is 5.33. The molecule has 1 aliphatic carbocycles. The Morgan fingerprint density at radius 2 is 1.67 bits per heavy atom. The normalized spacial score (nSPS) is 19.0. The van der Waals surface area contributed by atoms with Crippen molar-refractivity contribution in [2.75, 3.05) is 20.2 Å². The zero-order valence-corrected chi connectivity index (χ0v) is 22.7. The summed E-state index contributed by atoms with van der Waals surface area (Å²) in [5.74, 6) is -0.959. The summed E-state index contributed by atoms with van der Waals surface area (Å²) in [6.45, 7) is 2.67. The quantitative estimate of drug-likeness (QED) is 0.334. The molecule has 8 heteroatoms. The average Bonchev–Trinajstić information content (AvgIpc) is 3.21. The van der Waals surface area contributed by atoms with E-state index in [0.29, 0.717) is 31.6 Å². The van der Waals surface area contributed by atoms with Crippen LogP contribution >= 0.6 is 0 Å². The number of hydrogen-bond donors (Lipinski definition) is 1. The molecule has 1 heterocycles. The molecule has 0 saturated carbocycles. The highest BCUT2D eigenvalue weighted by molar-refractivity contribution is 6.05. The van der Waals surface area contributed by atoms with Gasteiger partial charge >= 0.3 is 0 Å². The standard InChI is InChI=1S/C31H37N3O5/c1-3-17-32-29(36)27(20-22-10-5-4-6-11-22)34(21-23-12-9-13-24(19-23)39-2)28(35)16-18-33-30(37)25-14-7-8-15-26(25)31(33)38/h4-13,19,25-27H,3,14-18,20-21H2,1-2H3,(H,32,36)/t25-,26+,27-/m1/s1. The van der Waals surface area contributed by atoms with Crippen LogP contribution < -0.4 is 10.1 Å². The van der Waals surface area contributed by atoms with Crippen molar-refractivity contribution in [3.8, 4) is 5.75 Å². The van der Waals surface area contributed by atoms with Crippen molar-refractivity contribution in [3.05, 3.63) is 77.9 Å². The Bertz CT molecular complexity index is 1190. The van der Waals surface area contributed by atoms with Crippen molar-refractivity contribution in [1.29, 1.82) is 0 Å². The van der Waals surface area contributed by atoms with Gasteiger partial charge in [0.2, 0.25) is 23.6 Å². The van der Waals surface area contributed by atoms with Gasteiger partial charge in [-0.3, -0.25) is 24.1 Å². The molecule has 39 heavy (non-hydrogen) atoms. The number of carbonyl (C=O) groups excluding carboxylic acids is 4. The predicted octanol–water partition coefficient (Wildman–Crippen LogP) is 3.50. The third-order valence-corrected chi connectivity index (χ3v) is 7.46. The van der Waals surface area contributed by atoms with Crippen molar-refractivity contribution in [3.63, 3.8) is 0 Å². The smallest absolute Gasteiger partial charge is 0.243 e. The first kappa shape index (κ1) is 28.1. The van der Waals surface area contributed by atoms with Gasteiger partial charge in [0, 0.05) is 32.5 Å².